The van der Waals surface area contributed by atoms with Gasteiger partial charge >= 0.3 is 0 Å². The van der Waals surface area contributed by atoms with E-state index < -0.39 is 0 Å². The molecular weight excluding hydrogens is 226 g/mol. The van der Waals surface area contributed by atoms with Crippen molar-refractivity contribution in [2.24, 2.45) is 10.9 Å². The number of hydrogen-bond acceptors (Lipinski definition) is 3. The standard InChI is InChI=1S/C14H15N3O/c18-14-12(9-10-5-7-15-8-6-10)16-13(17-14)11-3-1-2-4-11/h5-9,11H,1-4H2,(H,16,17,18)/b12-9+. The van der Waals surface area contributed by atoms with E-state index in [0.29, 0.717) is 11.6 Å². The molecule has 1 aliphatic heterocycles. The Bertz CT molecular complexity index is 513. The van der Waals surface area contributed by atoms with Crippen LogP contribution in [-0.2, 0) is 4.79 Å². The molecule has 1 amide bonds. The van der Waals surface area contributed by atoms with Crippen molar-refractivity contribution in [1.82, 2.24) is 10.3 Å². The van der Waals surface area contributed by atoms with Crippen molar-refractivity contribution in [2.75, 3.05) is 0 Å². The summed E-state index contributed by atoms with van der Waals surface area (Å²) in [6, 6.07) is 3.73. The van der Waals surface area contributed by atoms with Crippen molar-refractivity contribution in [3.05, 3.63) is 35.8 Å². The summed E-state index contributed by atoms with van der Waals surface area (Å²) in [7, 11) is 0. The topological polar surface area (TPSA) is 54.4 Å². The molecule has 92 valence electrons. The molecule has 0 radical (unpaired) electrons. The van der Waals surface area contributed by atoms with Crippen LogP contribution in [0.15, 0.2) is 35.2 Å². The highest BCUT2D eigenvalue weighted by Gasteiger charge is 2.28. The molecule has 3 rings (SSSR count). The Hall–Kier alpha value is -1.97. The van der Waals surface area contributed by atoms with Crippen LogP contribution >= 0.6 is 0 Å². The molecular formula is C14H15N3O. The van der Waals surface area contributed by atoms with Crippen LogP contribution in [0, 0.1) is 5.92 Å². The van der Waals surface area contributed by atoms with E-state index in [4.69, 9.17) is 0 Å². The van der Waals surface area contributed by atoms with Crippen molar-refractivity contribution in [2.45, 2.75) is 25.7 Å². The van der Waals surface area contributed by atoms with Crippen molar-refractivity contribution < 1.29 is 4.79 Å². The molecule has 1 saturated carbocycles. The van der Waals surface area contributed by atoms with E-state index in [-0.39, 0.29) is 5.91 Å². The van der Waals surface area contributed by atoms with Crippen molar-refractivity contribution >= 4 is 17.8 Å². The summed E-state index contributed by atoms with van der Waals surface area (Å²) < 4.78 is 0. The smallest absolute Gasteiger partial charge is 0.275 e. The number of nitrogens with zero attached hydrogens (tertiary/aromatic N) is 2. The summed E-state index contributed by atoms with van der Waals surface area (Å²) in [5.74, 6) is 1.21. The molecule has 2 heterocycles. The maximum atomic E-state index is 11.8. The number of rotatable bonds is 2. The molecule has 1 N–H and O–H groups in total. The predicted octanol–water partition coefficient (Wildman–Crippen LogP) is 2.14. The van der Waals surface area contributed by atoms with E-state index in [0.717, 1.165) is 24.2 Å². The minimum absolute atomic E-state index is 0.0892. The average Bonchev–Trinajstić information content (AvgIpc) is 3.01. The van der Waals surface area contributed by atoms with Gasteiger partial charge in [0.25, 0.3) is 5.91 Å². The van der Waals surface area contributed by atoms with Gasteiger partial charge in [0.1, 0.15) is 11.5 Å². The molecule has 18 heavy (non-hydrogen) atoms. The molecule has 1 aliphatic carbocycles. The van der Waals surface area contributed by atoms with Gasteiger partial charge in [-0.15, -0.1) is 0 Å². The second-order valence-electron chi connectivity index (χ2n) is 4.74. The van der Waals surface area contributed by atoms with Gasteiger partial charge in [0.2, 0.25) is 0 Å². The van der Waals surface area contributed by atoms with Gasteiger partial charge in [0.05, 0.1) is 0 Å². The third kappa shape index (κ3) is 2.18. The molecule has 1 aromatic rings. The monoisotopic (exact) mass is 241 g/mol. The fourth-order valence-corrected chi connectivity index (χ4v) is 2.50. The van der Waals surface area contributed by atoms with E-state index in [1.165, 1.54) is 12.8 Å². The lowest BCUT2D eigenvalue weighted by atomic mass is 10.1. The maximum absolute atomic E-state index is 11.8. The normalized spacial score (nSPS) is 22.3. The number of pyridine rings is 1. The number of amidine groups is 1. The Morgan fingerprint density at radius 3 is 2.67 bits per heavy atom. The van der Waals surface area contributed by atoms with Gasteiger partial charge in [-0.25, -0.2) is 4.99 Å². The summed E-state index contributed by atoms with van der Waals surface area (Å²) in [5.41, 5.74) is 1.45. The highest BCUT2D eigenvalue weighted by molar-refractivity contribution is 6.15. The first-order valence-electron chi connectivity index (χ1n) is 6.34. The lowest BCUT2D eigenvalue weighted by molar-refractivity contribution is -0.115. The Morgan fingerprint density at radius 2 is 1.94 bits per heavy atom. The Morgan fingerprint density at radius 1 is 1.22 bits per heavy atom. The molecule has 0 saturated heterocycles. The first-order valence-corrected chi connectivity index (χ1v) is 6.34. The highest BCUT2D eigenvalue weighted by atomic mass is 16.2. The molecule has 1 fully saturated rings. The van der Waals surface area contributed by atoms with Crippen LogP contribution in [0.3, 0.4) is 0 Å². The molecule has 2 aliphatic rings. The SMILES string of the molecule is O=C1NC(C2CCCC2)=N/C1=C/c1ccncc1. The van der Waals surface area contributed by atoms with Crippen LogP contribution in [0.4, 0.5) is 0 Å². The fraction of sp³-hybridized carbons (Fsp3) is 0.357. The van der Waals surface area contributed by atoms with E-state index in [1.807, 2.05) is 12.1 Å². The molecule has 0 bridgehead atoms. The van der Waals surface area contributed by atoms with Gasteiger partial charge in [-0.1, -0.05) is 12.8 Å². The number of amides is 1. The van der Waals surface area contributed by atoms with Crippen molar-refractivity contribution in [3.63, 3.8) is 0 Å². The summed E-state index contributed by atoms with van der Waals surface area (Å²) in [6.45, 7) is 0. The van der Waals surface area contributed by atoms with Crippen molar-refractivity contribution in [3.8, 4) is 0 Å². The summed E-state index contributed by atoms with van der Waals surface area (Å²) in [4.78, 5) is 20.2. The van der Waals surface area contributed by atoms with Crippen LogP contribution < -0.4 is 5.32 Å². The second kappa shape index (κ2) is 4.72. The lowest BCUT2D eigenvalue weighted by Gasteiger charge is -2.06. The molecule has 4 heteroatoms. The number of nitrogens with one attached hydrogen (secondary N) is 1. The van der Waals surface area contributed by atoms with Crippen LogP contribution in [0.5, 0.6) is 0 Å². The van der Waals surface area contributed by atoms with E-state index in [9.17, 15) is 4.79 Å². The zero-order valence-corrected chi connectivity index (χ0v) is 10.1. The molecule has 1 aromatic heterocycles. The van der Waals surface area contributed by atoms with Gasteiger partial charge in [-0.2, -0.15) is 0 Å². The zero-order valence-electron chi connectivity index (χ0n) is 10.1. The van der Waals surface area contributed by atoms with E-state index >= 15 is 0 Å². The van der Waals surface area contributed by atoms with Gasteiger partial charge in [-0.05, 0) is 36.6 Å². The quantitative estimate of drug-likeness (QED) is 0.806. The van der Waals surface area contributed by atoms with Gasteiger partial charge in [-0.3, -0.25) is 9.78 Å². The lowest BCUT2D eigenvalue weighted by Crippen LogP contribution is -2.29. The van der Waals surface area contributed by atoms with Crippen LogP contribution in [0.1, 0.15) is 31.2 Å². The molecule has 4 nitrogen and oxygen atoms in total. The second-order valence-corrected chi connectivity index (χ2v) is 4.74. The van der Waals surface area contributed by atoms with Gasteiger partial charge < -0.3 is 5.32 Å². The maximum Gasteiger partial charge on any atom is 0.275 e. The minimum atomic E-state index is -0.0892. The Labute approximate surface area is 106 Å². The molecule has 0 spiro atoms. The Kier molecular flexibility index (Phi) is 2.92. The number of hydrogen-bond donors (Lipinski definition) is 1. The first kappa shape index (κ1) is 11.1. The summed E-state index contributed by atoms with van der Waals surface area (Å²) in [6.07, 6.45) is 9.98. The third-order valence-electron chi connectivity index (χ3n) is 3.47. The number of carbonyl (C=O) groups excluding carboxylic acids is 1. The summed E-state index contributed by atoms with van der Waals surface area (Å²) >= 11 is 0. The predicted molar refractivity (Wildman–Crippen MR) is 69.7 cm³/mol. The number of carbonyl (C=O) groups is 1. The Balaban J connectivity index is 1.84. The van der Waals surface area contributed by atoms with Crippen LogP contribution in [0.25, 0.3) is 6.08 Å². The zero-order chi connectivity index (χ0) is 12.4. The number of aliphatic imine (C=N–C) groups is 1. The molecule has 0 atom stereocenters. The van der Waals surface area contributed by atoms with Gasteiger partial charge in [0.15, 0.2) is 0 Å². The summed E-state index contributed by atoms with van der Waals surface area (Å²) in [5, 5.41) is 2.89. The molecule has 0 aromatic carbocycles. The van der Waals surface area contributed by atoms with Crippen LogP contribution in [-0.4, -0.2) is 16.7 Å². The van der Waals surface area contributed by atoms with Crippen molar-refractivity contribution in [1.29, 1.82) is 0 Å². The highest BCUT2D eigenvalue weighted by Crippen LogP contribution is 2.27. The fourth-order valence-electron chi connectivity index (χ4n) is 2.50. The van der Waals surface area contributed by atoms with Crippen LogP contribution in [0.2, 0.25) is 0 Å². The average molecular weight is 241 g/mol. The van der Waals surface area contributed by atoms with E-state index in [2.05, 4.69) is 15.3 Å². The van der Waals surface area contributed by atoms with Gasteiger partial charge in [0, 0.05) is 18.3 Å². The molecule has 0 unspecified atom stereocenters. The minimum Gasteiger partial charge on any atom is -0.308 e. The third-order valence-corrected chi connectivity index (χ3v) is 3.47. The van der Waals surface area contributed by atoms with E-state index in [1.54, 1.807) is 18.5 Å². The largest absolute Gasteiger partial charge is 0.308 e. The first-order chi connectivity index (χ1) is 8.83. The number of aromatic nitrogens is 1.